The van der Waals surface area contributed by atoms with E-state index in [0.29, 0.717) is 23.3 Å². The average molecular weight is 208 g/mol. The van der Waals surface area contributed by atoms with Crippen LogP contribution in [0.1, 0.15) is 13.8 Å². The van der Waals surface area contributed by atoms with E-state index < -0.39 is 0 Å². The molecule has 0 atom stereocenters. The number of fused-ring (bicyclic) bond motifs is 1. The molecule has 4 N–H and O–H groups in total. The third kappa shape index (κ3) is 1.23. The molecule has 0 aliphatic carbocycles. The van der Waals surface area contributed by atoms with Crippen LogP contribution in [0.3, 0.4) is 0 Å². The molecule has 0 unspecified atom stereocenters. The molecule has 82 valence electrons. The summed E-state index contributed by atoms with van der Waals surface area (Å²) in [6.07, 6.45) is 1.62. The minimum Gasteiger partial charge on any atom is -0.446 e. The zero-order valence-corrected chi connectivity index (χ0v) is 9.19. The van der Waals surface area contributed by atoms with Crippen LogP contribution in [0.15, 0.2) is 16.7 Å². The van der Waals surface area contributed by atoms with Gasteiger partial charge >= 0.3 is 0 Å². The fraction of sp³-hybridized carbons (Fsp3) is 0.400. The molecule has 0 saturated carbocycles. The van der Waals surface area contributed by atoms with Crippen LogP contribution in [-0.2, 0) is 0 Å². The summed E-state index contributed by atoms with van der Waals surface area (Å²) in [5.41, 5.74) is 13.1. The Bertz CT molecular complexity index is 483. The summed E-state index contributed by atoms with van der Waals surface area (Å²) in [7, 11) is 1.95. The van der Waals surface area contributed by atoms with Crippen molar-refractivity contribution >= 4 is 22.6 Å². The molecular weight excluding hydrogens is 192 g/mol. The number of hydrogen-bond donors (Lipinski definition) is 2. The van der Waals surface area contributed by atoms with Crippen molar-refractivity contribution in [1.29, 1.82) is 0 Å². The van der Waals surface area contributed by atoms with E-state index in [0.717, 1.165) is 5.39 Å². The van der Waals surface area contributed by atoms with Crippen LogP contribution in [0, 0.1) is 0 Å². The molecule has 0 aliphatic heterocycles. The van der Waals surface area contributed by atoms with Crippen LogP contribution < -0.4 is 16.5 Å². The molecule has 15 heavy (non-hydrogen) atoms. The first-order chi connectivity index (χ1) is 7.04. The molecule has 0 aliphatic rings. The quantitative estimate of drug-likeness (QED) is 0.781. The van der Waals surface area contributed by atoms with Crippen LogP contribution in [0.2, 0.25) is 0 Å². The van der Waals surface area contributed by atoms with E-state index in [1.165, 1.54) is 0 Å². The fourth-order valence-corrected chi connectivity index (χ4v) is 1.58. The summed E-state index contributed by atoms with van der Waals surface area (Å²) in [6, 6.07) is 2.14. The summed E-state index contributed by atoms with van der Waals surface area (Å²) in [6.45, 7) is 4.15. The lowest BCUT2D eigenvalue weighted by Crippen LogP contribution is -2.37. The van der Waals surface area contributed by atoms with Gasteiger partial charge in [0.05, 0.1) is 17.3 Å². The number of nitrogens with zero attached hydrogens (tertiary/aromatic N) is 2. The first kappa shape index (κ1) is 9.76. The highest BCUT2D eigenvalue weighted by molar-refractivity contribution is 5.96. The highest BCUT2D eigenvalue weighted by Gasteiger charge is 2.18. The second-order valence-electron chi connectivity index (χ2n) is 3.92. The van der Waals surface area contributed by atoms with E-state index in [-0.39, 0.29) is 0 Å². The molecule has 5 heteroatoms. The van der Waals surface area contributed by atoms with Crippen molar-refractivity contribution < 1.29 is 4.42 Å². The van der Waals surface area contributed by atoms with E-state index in [1.807, 2.05) is 18.1 Å². The lowest BCUT2D eigenvalue weighted by Gasteiger charge is -2.25. The molecule has 5 nitrogen and oxygen atoms in total. The van der Waals surface area contributed by atoms with Gasteiger partial charge in [0.1, 0.15) is 0 Å². The molecule has 0 radical (unpaired) electrons. The number of nitrogen functional groups attached to an aromatic ring is 2. The Morgan fingerprint density at radius 2 is 2.07 bits per heavy atom. The average Bonchev–Trinajstić information content (AvgIpc) is 2.72. The van der Waals surface area contributed by atoms with Crippen molar-refractivity contribution in [3.05, 3.63) is 12.3 Å². The third-order valence-electron chi connectivity index (χ3n) is 2.69. The number of hydrogen-bond acceptors (Lipinski definition) is 4. The molecule has 0 fully saturated rings. The lowest BCUT2D eigenvalue weighted by atomic mass is 10.3. The van der Waals surface area contributed by atoms with Crippen molar-refractivity contribution in [1.82, 2.24) is 4.68 Å². The molecule has 0 aromatic carbocycles. The number of anilines is 2. The number of furan rings is 1. The van der Waals surface area contributed by atoms with E-state index in [4.69, 9.17) is 15.9 Å². The molecule has 0 saturated heterocycles. The van der Waals surface area contributed by atoms with Gasteiger partial charge in [-0.1, -0.05) is 0 Å². The SMILES string of the molecule is CC(C)N(C)n1c(N)c(N)c2ccoc21. The van der Waals surface area contributed by atoms with Gasteiger partial charge in [-0.05, 0) is 19.9 Å². The Kier molecular flexibility index (Phi) is 2.03. The van der Waals surface area contributed by atoms with E-state index in [2.05, 4.69) is 13.8 Å². The van der Waals surface area contributed by atoms with Gasteiger partial charge in [-0.3, -0.25) is 0 Å². The summed E-state index contributed by atoms with van der Waals surface area (Å²) >= 11 is 0. The maximum atomic E-state index is 5.93. The second kappa shape index (κ2) is 3.12. The van der Waals surface area contributed by atoms with Crippen molar-refractivity contribution in [2.75, 3.05) is 23.5 Å². The van der Waals surface area contributed by atoms with Gasteiger partial charge in [-0.25, -0.2) is 4.68 Å². The zero-order valence-electron chi connectivity index (χ0n) is 9.19. The van der Waals surface area contributed by atoms with Gasteiger partial charge < -0.3 is 20.9 Å². The van der Waals surface area contributed by atoms with Crippen molar-refractivity contribution in [2.45, 2.75) is 19.9 Å². The Hall–Kier alpha value is -1.78. The number of rotatable bonds is 2. The summed E-state index contributed by atoms with van der Waals surface area (Å²) < 4.78 is 7.18. The highest BCUT2D eigenvalue weighted by atomic mass is 16.3. The van der Waals surface area contributed by atoms with Gasteiger partial charge in [0.15, 0.2) is 5.82 Å². The third-order valence-corrected chi connectivity index (χ3v) is 2.69. The topological polar surface area (TPSA) is 73.3 Å². The van der Waals surface area contributed by atoms with Crippen LogP contribution in [0.4, 0.5) is 11.5 Å². The van der Waals surface area contributed by atoms with Gasteiger partial charge in [-0.15, -0.1) is 0 Å². The summed E-state index contributed by atoms with van der Waals surface area (Å²) in [5.74, 6) is 0.528. The monoisotopic (exact) mass is 208 g/mol. The van der Waals surface area contributed by atoms with Crippen molar-refractivity contribution in [2.24, 2.45) is 0 Å². The Morgan fingerprint density at radius 1 is 1.40 bits per heavy atom. The minimum atomic E-state index is 0.312. The minimum absolute atomic E-state index is 0.312. The lowest BCUT2D eigenvalue weighted by molar-refractivity contribution is 0.528. The van der Waals surface area contributed by atoms with Gasteiger partial charge in [-0.2, -0.15) is 0 Å². The van der Waals surface area contributed by atoms with Crippen LogP contribution in [0.5, 0.6) is 0 Å². The smallest absolute Gasteiger partial charge is 0.229 e. The van der Waals surface area contributed by atoms with Gasteiger partial charge in [0.25, 0.3) is 0 Å². The number of aromatic nitrogens is 1. The molecule has 0 amide bonds. The van der Waals surface area contributed by atoms with E-state index >= 15 is 0 Å². The largest absolute Gasteiger partial charge is 0.446 e. The molecule has 0 spiro atoms. The molecule has 2 aromatic rings. The molecule has 2 aromatic heterocycles. The first-order valence-corrected chi connectivity index (χ1v) is 4.90. The molecule has 2 rings (SSSR count). The van der Waals surface area contributed by atoms with Crippen molar-refractivity contribution in [3.63, 3.8) is 0 Å². The maximum Gasteiger partial charge on any atom is 0.229 e. The summed E-state index contributed by atoms with van der Waals surface area (Å²) in [4.78, 5) is 0. The Labute approximate surface area is 88.2 Å². The summed E-state index contributed by atoms with van der Waals surface area (Å²) in [5, 5.41) is 2.84. The molecular formula is C10H16N4O. The van der Waals surface area contributed by atoms with Crippen LogP contribution >= 0.6 is 0 Å². The van der Waals surface area contributed by atoms with E-state index in [9.17, 15) is 0 Å². The predicted molar refractivity (Wildman–Crippen MR) is 62.3 cm³/mol. The highest BCUT2D eigenvalue weighted by Crippen LogP contribution is 2.31. The van der Waals surface area contributed by atoms with E-state index in [1.54, 1.807) is 10.9 Å². The van der Waals surface area contributed by atoms with Crippen molar-refractivity contribution in [3.8, 4) is 0 Å². The zero-order chi connectivity index (χ0) is 11.2. The second-order valence-corrected chi connectivity index (χ2v) is 3.92. The normalized spacial score (nSPS) is 11.5. The standard InChI is InChI=1S/C10H16N4O/c1-6(2)13(3)14-9(12)8(11)7-4-5-15-10(7)14/h4-6H,11-12H2,1-3H3. The maximum absolute atomic E-state index is 5.93. The predicted octanol–water partition coefficient (Wildman–Crippen LogP) is 1.37. The number of nitrogens with two attached hydrogens (primary N) is 2. The van der Waals surface area contributed by atoms with Gasteiger partial charge in [0, 0.05) is 13.1 Å². The van der Waals surface area contributed by atoms with Crippen LogP contribution in [0.25, 0.3) is 11.1 Å². The van der Waals surface area contributed by atoms with Crippen LogP contribution in [-0.4, -0.2) is 17.8 Å². The van der Waals surface area contributed by atoms with Gasteiger partial charge in [0.2, 0.25) is 5.71 Å². The molecule has 2 heterocycles. The first-order valence-electron chi connectivity index (χ1n) is 4.90. The Balaban J connectivity index is 2.68. The Morgan fingerprint density at radius 3 is 2.67 bits per heavy atom. The molecule has 0 bridgehead atoms. The fourth-order valence-electron chi connectivity index (χ4n) is 1.58.